The van der Waals surface area contributed by atoms with Crippen LogP contribution in [0.4, 0.5) is 23.0 Å². The minimum Gasteiger partial charge on any atom is -0.492 e. The third kappa shape index (κ3) is 4.84. The van der Waals surface area contributed by atoms with Gasteiger partial charge in [-0.05, 0) is 59.6 Å². The lowest BCUT2D eigenvalue weighted by atomic mass is 9.79. The van der Waals surface area contributed by atoms with E-state index in [0.29, 0.717) is 23.9 Å². The van der Waals surface area contributed by atoms with Crippen LogP contribution in [0.15, 0.2) is 30.6 Å². The number of nitrogens with zero attached hydrogens (tertiary/aromatic N) is 2. The first-order valence-electron chi connectivity index (χ1n) is 9.84. The van der Waals surface area contributed by atoms with E-state index in [1.54, 1.807) is 0 Å². The first kappa shape index (κ1) is 20.2. The van der Waals surface area contributed by atoms with Crippen molar-refractivity contribution in [3.63, 3.8) is 0 Å². The molecule has 3 rings (SSSR count). The van der Waals surface area contributed by atoms with Crippen molar-refractivity contribution in [2.24, 2.45) is 0 Å². The van der Waals surface area contributed by atoms with Gasteiger partial charge in [-0.25, -0.2) is 9.97 Å². The molecular weight excluding hydrogens is 352 g/mol. The van der Waals surface area contributed by atoms with Crippen molar-refractivity contribution in [2.75, 3.05) is 23.0 Å². The number of nitrogens with one attached hydrogen (secondary N) is 3. The van der Waals surface area contributed by atoms with E-state index in [1.165, 1.54) is 6.33 Å². The summed E-state index contributed by atoms with van der Waals surface area (Å²) in [5.41, 5.74) is 7.81. The van der Waals surface area contributed by atoms with E-state index in [-0.39, 0.29) is 17.1 Å². The van der Waals surface area contributed by atoms with Gasteiger partial charge in [0.05, 0.1) is 12.3 Å². The lowest BCUT2D eigenvalue weighted by molar-refractivity contribution is 0.170. The summed E-state index contributed by atoms with van der Waals surface area (Å²) in [6.07, 6.45) is 3.49. The molecule has 5 N–H and O–H groups in total. The molecule has 7 nitrogen and oxygen atoms in total. The molecule has 7 heteroatoms. The zero-order valence-electron chi connectivity index (χ0n) is 17.5. The monoisotopic (exact) mass is 384 g/mol. The molecule has 152 valence electrons. The highest BCUT2D eigenvalue weighted by Gasteiger charge is 2.37. The fraction of sp³-hybridized carbons (Fsp3) is 0.524. The minimum atomic E-state index is 0.0404. The average Bonchev–Trinajstić information content (AvgIpc) is 2.57. The Hall–Kier alpha value is -2.54. The summed E-state index contributed by atoms with van der Waals surface area (Å²) >= 11 is 0. The molecular formula is C21H32N6O. The minimum absolute atomic E-state index is 0.0404. The summed E-state index contributed by atoms with van der Waals surface area (Å²) in [5.74, 6) is 1.99. The van der Waals surface area contributed by atoms with E-state index < -0.39 is 0 Å². The largest absolute Gasteiger partial charge is 0.492 e. The van der Waals surface area contributed by atoms with Gasteiger partial charge in [-0.1, -0.05) is 12.1 Å². The van der Waals surface area contributed by atoms with E-state index in [0.717, 1.165) is 24.3 Å². The van der Waals surface area contributed by atoms with Crippen molar-refractivity contribution >= 4 is 23.0 Å². The van der Waals surface area contributed by atoms with Crippen LogP contribution < -0.4 is 26.4 Å². The number of piperidine rings is 1. The molecule has 0 unspecified atom stereocenters. The van der Waals surface area contributed by atoms with Crippen LogP contribution in [0.2, 0.25) is 0 Å². The van der Waals surface area contributed by atoms with Gasteiger partial charge in [-0.3, -0.25) is 0 Å². The summed E-state index contributed by atoms with van der Waals surface area (Å²) in [7, 11) is 0. The van der Waals surface area contributed by atoms with Crippen molar-refractivity contribution in [1.82, 2.24) is 15.3 Å². The lowest BCUT2D eigenvalue weighted by Crippen LogP contribution is -2.60. The molecule has 0 aliphatic carbocycles. The van der Waals surface area contributed by atoms with Crippen molar-refractivity contribution in [3.05, 3.63) is 30.6 Å². The van der Waals surface area contributed by atoms with Gasteiger partial charge in [0.15, 0.2) is 11.6 Å². The van der Waals surface area contributed by atoms with Gasteiger partial charge >= 0.3 is 0 Å². The highest BCUT2D eigenvalue weighted by molar-refractivity contribution is 5.79. The topological polar surface area (TPSA) is 97.1 Å². The van der Waals surface area contributed by atoms with Crippen LogP contribution >= 0.6 is 0 Å². The summed E-state index contributed by atoms with van der Waals surface area (Å²) in [6, 6.07) is 8.01. The number of nitrogen functional groups attached to an aromatic ring is 1. The number of ether oxygens (including phenoxy) is 1. The molecule has 28 heavy (non-hydrogen) atoms. The number of hydrogen-bond acceptors (Lipinski definition) is 7. The third-order valence-corrected chi connectivity index (χ3v) is 4.85. The second kappa shape index (κ2) is 7.83. The van der Waals surface area contributed by atoms with Gasteiger partial charge in [0.25, 0.3) is 0 Å². The SMILES string of the molecule is CCOc1ccccc1Nc1ncnc(NC2CC(C)(C)NC(C)(C)C2)c1N. The highest BCUT2D eigenvalue weighted by atomic mass is 16.5. The fourth-order valence-corrected chi connectivity index (χ4v) is 4.21. The molecule has 0 saturated carbocycles. The Bertz CT molecular complexity index is 804. The van der Waals surface area contributed by atoms with Gasteiger partial charge in [-0.15, -0.1) is 0 Å². The molecule has 1 aliphatic rings. The zero-order chi connectivity index (χ0) is 20.4. The molecule has 1 aromatic carbocycles. The predicted octanol–water partition coefficient (Wildman–Crippen LogP) is 3.92. The Morgan fingerprint density at radius 1 is 1.11 bits per heavy atom. The Labute approximate surface area is 167 Å². The molecule has 0 radical (unpaired) electrons. The van der Waals surface area contributed by atoms with Crippen LogP contribution in [0.5, 0.6) is 5.75 Å². The quantitative estimate of drug-likeness (QED) is 0.599. The number of benzene rings is 1. The first-order chi connectivity index (χ1) is 13.2. The Morgan fingerprint density at radius 2 is 1.75 bits per heavy atom. The second-order valence-electron chi connectivity index (χ2n) is 8.68. The molecule has 0 amide bonds. The summed E-state index contributed by atoms with van der Waals surface area (Å²) in [5, 5.41) is 10.5. The highest BCUT2D eigenvalue weighted by Crippen LogP contribution is 2.34. The van der Waals surface area contributed by atoms with Gasteiger partial charge in [0.2, 0.25) is 0 Å². The molecule has 1 saturated heterocycles. The van der Waals surface area contributed by atoms with Crippen LogP contribution in [0.3, 0.4) is 0 Å². The van der Waals surface area contributed by atoms with Gasteiger partial charge in [0, 0.05) is 17.1 Å². The molecule has 0 bridgehead atoms. The number of nitrogens with two attached hydrogens (primary N) is 1. The van der Waals surface area contributed by atoms with Crippen LogP contribution in [-0.4, -0.2) is 33.7 Å². The maximum Gasteiger partial charge on any atom is 0.159 e. The maximum atomic E-state index is 6.40. The fourth-order valence-electron chi connectivity index (χ4n) is 4.21. The summed E-state index contributed by atoms with van der Waals surface area (Å²) in [4.78, 5) is 8.72. The van der Waals surface area contributed by atoms with Crippen LogP contribution in [-0.2, 0) is 0 Å². The third-order valence-electron chi connectivity index (χ3n) is 4.85. The zero-order valence-corrected chi connectivity index (χ0v) is 17.5. The Morgan fingerprint density at radius 3 is 2.43 bits per heavy atom. The molecule has 0 atom stereocenters. The average molecular weight is 385 g/mol. The number of para-hydroxylation sites is 2. The lowest BCUT2D eigenvalue weighted by Gasteiger charge is -2.46. The molecule has 2 heterocycles. The predicted molar refractivity (Wildman–Crippen MR) is 115 cm³/mol. The standard InChI is InChI=1S/C21H32N6O/c1-6-28-16-10-8-7-9-15(16)26-19-17(22)18(23-13-24-19)25-14-11-20(2,3)27-21(4,5)12-14/h7-10,13-14,27H,6,11-12,22H2,1-5H3,(H2,23,24,25,26). The van der Waals surface area contributed by atoms with Gasteiger partial charge in [0.1, 0.15) is 17.8 Å². The molecule has 2 aromatic rings. The smallest absolute Gasteiger partial charge is 0.159 e. The Kier molecular flexibility index (Phi) is 5.65. The van der Waals surface area contributed by atoms with Crippen molar-refractivity contribution < 1.29 is 4.74 Å². The maximum absolute atomic E-state index is 6.40. The summed E-state index contributed by atoms with van der Waals surface area (Å²) in [6.45, 7) is 11.5. The van der Waals surface area contributed by atoms with E-state index in [9.17, 15) is 0 Å². The van der Waals surface area contributed by atoms with E-state index >= 15 is 0 Å². The number of aromatic nitrogens is 2. The van der Waals surface area contributed by atoms with E-state index in [4.69, 9.17) is 10.5 Å². The van der Waals surface area contributed by atoms with Gasteiger partial charge < -0.3 is 26.4 Å². The Balaban J connectivity index is 1.80. The second-order valence-corrected chi connectivity index (χ2v) is 8.68. The van der Waals surface area contributed by atoms with Crippen LogP contribution in [0, 0.1) is 0 Å². The molecule has 1 fully saturated rings. The molecule has 1 aliphatic heterocycles. The van der Waals surface area contributed by atoms with Crippen LogP contribution in [0.1, 0.15) is 47.5 Å². The molecule has 1 aromatic heterocycles. The van der Waals surface area contributed by atoms with Crippen molar-refractivity contribution in [1.29, 1.82) is 0 Å². The van der Waals surface area contributed by atoms with Crippen LogP contribution in [0.25, 0.3) is 0 Å². The number of hydrogen-bond donors (Lipinski definition) is 4. The van der Waals surface area contributed by atoms with E-state index in [2.05, 4.69) is 53.6 Å². The molecule has 0 spiro atoms. The summed E-state index contributed by atoms with van der Waals surface area (Å²) < 4.78 is 5.68. The number of anilines is 4. The first-order valence-corrected chi connectivity index (χ1v) is 9.84. The van der Waals surface area contributed by atoms with Gasteiger partial charge in [-0.2, -0.15) is 0 Å². The number of rotatable bonds is 6. The van der Waals surface area contributed by atoms with Crippen molar-refractivity contribution in [3.8, 4) is 5.75 Å². The van der Waals surface area contributed by atoms with E-state index in [1.807, 2.05) is 31.2 Å². The van der Waals surface area contributed by atoms with Crippen molar-refractivity contribution in [2.45, 2.75) is 64.6 Å². The normalized spacial score (nSPS) is 18.5.